The van der Waals surface area contributed by atoms with Gasteiger partial charge < -0.3 is 23.8 Å². The zero-order chi connectivity index (χ0) is 16.8. The minimum absolute atomic E-state index is 0.225. The smallest absolute Gasteiger partial charge is 0.339 e. The van der Waals surface area contributed by atoms with Crippen molar-refractivity contribution >= 4 is 11.9 Å². The van der Waals surface area contributed by atoms with Crippen LogP contribution in [0, 0.1) is 0 Å². The van der Waals surface area contributed by atoms with Crippen molar-refractivity contribution < 1.29 is 28.5 Å². The minimum Gasteiger partial charge on any atom is -0.497 e. The van der Waals surface area contributed by atoms with Crippen molar-refractivity contribution in [3.8, 4) is 11.5 Å². The number of methoxy groups -OCH3 is 2. The van der Waals surface area contributed by atoms with E-state index < -0.39 is 12.1 Å². The number of benzene rings is 1. The van der Waals surface area contributed by atoms with E-state index in [1.807, 2.05) is 0 Å². The summed E-state index contributed by atoms with van der Waals surface area (Å²) >= 11 is 0. The van der Waals surface area contributed by atoms with E-state index in [2.05, 4.69) is 0 Å². The Bertz CT molecular complexity index is 545. The Hall–Kier alpha value is -2.28. The number of carbonyl (C=O) groups is 2. The molecule has 0 spiro atoms. The third kappa shape index (κ3) is 4.35. The summed E-state index contributed by atoms with van der Waals surface area (Å²) in [5.41, 5.74) is 0.267. The number of hydrogen-bond acceptors (Lipinski definition) is 6. The molecule has 0 N–H and O–H groups in total. The molecule has 1 saturated heterocycles. The van der Waals surface area contributed by atoms with Crippen molar-refractivity contribution in [1.82, 2.24) is 4.90 Å². The molecule has 0 aromatic heterocycles. The molecule has 1 aromatic carbocycles. The van der Waals surface area contributed by atoms with Gasteiger partial charge in [0, 0.05) is 19.2 Å². The fourth-order valence-electron chi connectivity index (χ4n) is 2.25. The highest BCUT2D eigenvalue weighted by atomic mass is 16.5. The zero-order valence-corrected chi connectivity index (χ0v) is 13.5. The van der Waals surface area contributed by atoms with E-state index in [9.17, 15) is 9.59 Å². The molecular formula is C16H21NO6. The van der Waals surface area contributed by atoms with Gasteiger partial charge in [0.2, 0.25) is 0 Å². The maximum absolute atomic E-state index is 12.3. The lowest BCUT2D eigenvalue weighted by Gasteiger charge is -2.29. The van der Waals surface area contributed by atoms with Crippen molar-refractivity contribution in [2.24, 2.45) is 0 Å². The quantitative estimate of drug-likeness (QED) is 0.756. The van der Waals surface area contributed by atoms with Gasteiger partial charge in [-0.1, -0.05) is 0 Å². The van der Waals surface area contributed by atoms with Crippen LogP contribution in [0.25, 0.3) is 0 Å². The average Bonchev–Trinajstić information content (AvgIpc) is 2.61. The van der Waals surface area contributed by atoms with Crippen LogP contribution in [0.15, 0.2) is 18.2 Å². The summed E-state index contributed by atoms with van der Waals surface area (Å²) in [6, 6.07) is 4.73. The molecular weight excluding hydrogens is 302 g/mol. The van der Waals surface area contributed by atoms with Crippen LogP contribution >= 0.6 is 0 Å². The lowest BCUT2D eigenvalue weighted by atomic mass is 10.2. The molecule has 0 bridgehead atoms. The molecule has 126 valence electrons. The molecule has 1 aliphatic heterocycles. The molecule has 7 nitrogen and oxygen atoms in total. The normalized spacial score (nSPS) is 15.7. The Morgan fingerprint density at radius 1 is 1.09 bits per heavy atom. The van der Waals surface area contributed by atoms with Crippen LogP contribution in [0.1, 0.15) is 17.3 Å². The molecule has 7 heteroatoms. The van der Waals surface area contributed by atoms with Crippen molar-refractivity contribution in [3.05, 3.63) is 23.8 Å². The van der Waals surface area contributed by atoms with E-state index in [0.717, 1.165) is 0 Å². The Morgan fingerprint density at radius 2 is 1.65 bits per heavy atom. The predicted octanol–water partition coefficient (Wildman–Crippen LogP) is 1.11. The molecule has 2 rings (SSSR count). The molecule has 1 amide bonds. The Labute approximate surface area is 135 Å². The van der Waals surface area contributed by atoms with Crippen LogP contribution < -0.4 is 9.47 Å². The molecule has 23 heavy (non-hydrogen) atoms. The van der Waals surface area contributed by atoms with Gasteiger partial charge in [-0.3, -0.25) is 4.79 Å². The SMILES string of the molecule is COc1cc(OC)cc(C(=O)O[C@H](C)C(=O)N2CCOCC2)c1. The fraction of sp³-hybridized carbons (Fsp3) is 0.500. The Kier molecular flexibility index (Phi) is 5.81. The molecule has 0 aliphatic carbocycles. The average molecular weight is 323 g/mol. The highest BCUT2D eigenvalue weighted by Crippen LogP contribution is 2.23. The number of amides is 1. The second kappa shape index (κ2) is 7.82. The second-order valence-corrected chi connectivity index (χ2v) is 5.09. The van der Waals surface area contributed by atoms with Gasteiger partial charge in [-0.15, -0.1) is 0 Å². The first-order chi connectivity index (χ1) is 11.0. The molecule has 0 unspecified atom stereocenters. The number of ether oxygens (including phenoxy) is 4. The summed E-state index contributed by atoms with van der Waals surface area (Å²) in [4.78, 5) is 26.1. The molecule has 1 aromatic rings. The Morgan fingerprint density at radius 3 is 2.17 bits per heavy atom. The zero-order valence-electron chi connectivity index (χ0n) is 13.5. The maximum atomic E-state index is 12.3. The Balaban J connectivity index is 2.04. The number of nitrogens with zero attached hydrogens (tertiary/aromatic N) is 1. The van der Waals surface area contributed by atoms with E-state index in [1.165, 1.54) is 26.4 Å². The van der Waals surface area contributed by atoms with Crippen molar-refractivity contribution in [2.75, 3.05) is 40.5 Å². The van der Waals surface area contributed by atoms with E-state index in [-0.39, 0.29) is 11.5 Å². The van der Waals surface area contributed by atoms with Crippen LogP contribution in [-0.4, -0.2) is 63.4 Å². The predicted molar refractivity (Wildman–Crippen MR) is 81.8 cm³/mol. The lowest BCUT2D eigenvalue weighted by molar-refractivity contribution is -0.143. The maximum Gasteiger partial charge on any atom is 0.339 e. The fourth-order valence-corrected chi connectivity index (χ4v) is 2.25. The lowest BCUT2D eigenvalue weighted by Crippen LogP contribution is -2.46. The van der Waals surface area contributed by atoms with Crippen LogP contribution in [0.3, 0.4) is 0 Å². The molecule has 0 radical (unpaired) electrons. The largest absolute Gasteiger partial charge is 0.497 e. The van der Waals surface area contributed by atoms with Gasteiger partial charge in [0.15, 0.2) is 6.10 Å². The van der Waals surface area contributed by atoms with Crippen LogP contribution in [0.2, 0.25) is 0 Å². The van der Waals surface area contributed by atoms with Crippen molar-refractivity contribution in [1.29, 1.82) is 0 Å². The van der Waals surface area contributed by atoms with Crippen LogP contribution in [0.5, 0.6) is 11.5 Å². The first-order valence-electron chi connectivity index (χ1n) is 7.35. The van der Waals surface area contributed by atoms with Gasteiger partial charge in [-0.2, -0.15) is 0 Å². The monoisotopic (exact) mass is 323 g/mol. The number of morpholine rings is 1. The topological polar surface area (TPSA) is 74.3 Å². The van der Waals surface area contributed by atoms with Gasteiger partial charge in [0.05, 0.1) is 33.0 Å². The highest BCUT2D eigenvalue weighted by molar-refractivity contribution is 5.93. The van der Waals surface area contributed by atoms with E-state index in [1.54, 1.807) is 17.9 Å². The summed E-state index contributed by atoms with van der Waals surface area (Å²) in [6.45, 7) is 3.58. The second-order valence-electron chi connectivity index (χ2n) is 5.09. The molecule has 1 atom stereocenters. The molecule has 1 fully saturated rings. The van der Waals surface area contributed by atoms with Crippen molar-refractivity contribution in [3.63, 3.8) is 0 Å². The molecule has 0 saturated carbocycles. The summed E-state index contributed by atoms with van der Waals surface area (Å²) in [5.74, 6) is 0.125. The first-order valence-corrected chi connectivity index (χ1v) is 7.35. The third-order valence-corrected chi connectivity index (χ3v) is 3.54. The van der Waals surface area contributed by atoms with E-state index in [4.69, 9.17) is 18.9 Å². The van der Waals surface area contributed by atoms with Gasteiger partial charge in [-0.25, -0.2) is 4.79 Å². The molecule has 1 heterocycles. The summed E-state index contributed by atoms with van der Waals surface area (Å²) in [5, 5.41) is 0. The van der Waals surface area contributed by atoms with Gasteiger partial charge >= 0.3 is 5.97 Å². The number of carbonyl (C=O) groups excluding carboxylic acids is 2. The van der Waals surface area contributed by atoms with Crippen LogP contribution in [0.4, 0.5) is 0 Å². The van der Waals surface area contributed by atoms with Gasteiger partial charge in [-0.05, 0) is 19.1 Å². The number of esters is 1. The van der Waals surface area contributed by atoms with Gasteiger partial charge in [0.1, 0.15) is 11.5 Å². The third-order valence-electron chi connectivity index (χ3n) is 3.54. The molecule has 1 aliphatic rings. The summed E-state index contributed by atoms with van der Waals surface area (Å²) in [7, 11) is 2.99. The van der Waals surface area contributed by atoms with Gasteiger partial charge in [0.25, 0.3) is 5.91 Å². The summed E-state index contributed by atoms with van der Waals surface area (Å²) in [6.07, 6.45) is -0.863. The first kappa shape index (κ1) is 17.1. The highest BCUT2D eigenvalue weighted by Gasteiger charge is 2.26. The van der Waals surface area contributed by atoms with Crippen molar-refractivity contribution in [2.45, 2.75) is 13.0 Å². The van der Waals surface area contributed by atoms with E-state index >= 15 is 0 Å². The number of rotatable bonds is 5. The minimum atomic E-state index is -0.863. The van der Waals surface area contributed by atoms with Crippen LogP contribution in [-0.2, 0) is 14.3 Å². The number of hydrogen-bond donors (Lipinski definition) is 0. The standard InChI is InChI=1S/C16H21NO6/c1-11(15(18)17-4-6-22-7-5-17)23-16(19)12-8-13(20-2)10-14(9-12)21-3/h8-11H,4-7H2,1-3H3/t11-/m1/s1. The van der Waals surface area contributed by atoms with E-state index in [0.29, 0.717) is 37.8 Å². The summed E-state index contributed by atoms with van der Waals surface area (Å²) < 4.78 is 20.7.